The largest absolute Gasteiger partial charge is 0.347 e. The maximum atomic E-state index is 12.0. The Bertz CT molecular complexity index is 784. The van der Waals surface area contributed by atoms with Crippen LogP contribution in [-0.2, 0) is 11.3 Å². The highest BCUT2D eigenvalue weighted by Gasteiger charge is 2.17. The predicted molar refractivity (Wildman–Crippen MR) is 86.7 cm³/mol. The van der Waals surface area contributed by atoms with E-state index in [2.05, 4.69) is 25.8 Å². The van der Waals surface area contributed by atoms with Gasteiger partial charge in [0.1, 0.15) is 17.9 Å². The number of hydrogen-bond donors (Lipinski definition) is 1. The van der Waals surface area contributed by atoms with E-state index in [9.17, 15) is 4.79 Å². The van der Waals surface area contributed by atoms with Gasteiger partial charge in [0, 0.05) is 5.56 Å². The standard InChI is InChI=1S/C15H16N6OS/c1-10(17-13(22)8-21-9-16-19-20-21)14-11(2)18-15(23-14)12-6-4-3-5-7-12/h3-7,9-10H,8H2,1-2H3,(H,17,22)/t10-/m0/s1. The highest BCUT2D eigenvalue weighted by molar-refractivity contribution is 7.15. The van der Waals surface area contributed by atoms with Gasteiger partial charge in [-0.1, -0.05) is 30.3 Å². The number of thiazole rings is 1. The fourth-order valence-electron chi connectivity index (χ4n) is 2.27. The van der Waals surface area contributed by atoms with Crippen LogP contribution in [0.4, 0.5) is 0 Å². The average molecular weight is 328 g/mol. The quantitative estimate of drug-likeness (QED) is 0.774. The molecule has 2 heterocycles. The van der Waals surface area contributed by atoms with Crippen molar-refractivity contribution < 1.29 is 4.79 Å². The number of aryl methyl sites for hydroxylation is 1. The summed E-state index contributed by atoms with van der Waals surface area (Å²) in [6.07, 6.45) is 1.41. The molecule has 7 nitrogen and oxygen atoms in total. The summed E-state index contributed by atoms with van der Waals surface area (Å²) in [5.41, 5.74) is 2.02. The van der Waals surface area contributed by atoms with Crippen molar-refractivity contribution in [3.63, 3.8) is 0 Å². The van der Waals surface area contributed by atoms with E-state index in [-0.39, 0.29) is 18.5 Å². The van der Waals surface area contributed by atoms with Gasteiger partial charge in [-0.25, -0.2) is 9.67 Å². The summed E-state index contributed by atoms with van der Waals surface area (Å²) in [6.45, 7) is 4.01. The first kappa shape index (κ1) is 15.3. The fourth-order valence-corrected chi connectivity index (χ4v) is 3.34. The molecule has 0 aliphatic carbocycles. The predicted octanol–water partition coefficient (Wildman–Crippen LogP) is 1.98. The number of amides is 1. The van der Waals surface area contributed by atoms with Crippen molar-refractivity contribution in [3.8, 4) is 10.6 Å². The van der Waals surface area contributed by atoms with Crippen molar-refractivity contribution in [1.82, 2.24) is 30.5 Å². The highest BCUT2D eigenvalue weighted by atomic mass is 32.1. The van der Waals surface area contributed by atoms with Gasteiger partial charge in [0.05, 0.1) is 16.6 Å². The molecule has 0 unspecified atom stereocenters. The van der Waals surface area contributed by atoms with Gasteiger partial charge in [-0.15, -0.1) is 16.4 Å². The fraction of sp³-hybridized carbons (Fsp3) is 0.267. The van der Waals surface area contributed by atoms with Gasteiger partial charge in [-0.2, -0.15) is 0 Å². The monoisotopic (exact) mass is 328 g/mol. The van der Waals surface area contributed by atoms with Crippen molar-refractivity contribution >= 4 is 17.2 Å². The zero-order valence-electron chi connectivity index (χ0n) is 12.8. The minimum Gasteiger partial charge on any atom is -0.347 e. The summed E-state index contributed by atoms with van der Waals surface area (Å²) < 4.78 is 1.39. The maximum Gasteiger partial charge on any atom is 0.242 e. The minimum atomic E-state index is -0.140. The Morgan fingerprint density at radius 2 is 2.13 bits per heavy atom. The van der Waals surface area contributed by atoms with E-state index >= 15 is 0 Å². The summed E-state index contributed by atoms with van der Waals surface area (Å²) >= 11 is 1.60. The molecule has 0 aliphatic rings. The second-order valence-corrected chi connectivity index (χ2v) is 6.16. The molecule has 1 atom stereocenters. The molecule has 3 aromatic rings. The maximum absolute atomic E-state index is 12.0. The Morgan fingerprint density at radius 3 is 2.83 bits per heavy atom. The van der Waals surface area contributed by atoms with Gasteiger partial charge in [-0.05, 0) is 24.3 Å². The first-order chi connectivity index (χ1) is 11.1. The third-order valence-electron chi connectivity index (χ3n) is 3.32. The molecule has 118 valence electrons. The van der Waals surface area contributed by atoms with Gasteiger partial charge in [0.15, 0.2) is 0 Å². The van der Waals surface area contributed by atoms with E-state index in [1.54, 1.807) is 11.3 Å². The second-order valence-electron chi connectivity index (χ2n) is 5.13. The topological polar surface area (TPSA) is 85.6 Å². The molecule has 0 aliphatic heterocycles. The van der Waals surface area contributed by atoms with Crippen LogP contribution >= 0.6 is 11.3 Å². The van der Waals surface area contributed by atoms with E-state index in [0.717, 1.165) is 21.1 Å². The lowest BCUT2D eigenvalue weighted by atomic mass is 10.2. The second kappa shape index (κ2) is 6.66. The third-order valence-corrected chi connectivity index (χ3v) is 4.71. The summed E-state index contributed by atoms with van der Waals surface area (Å²) in [6, 6.07) is 9.90. The number of nitrogens with zero attached hydrogens (tertiary/aromatic N) is 5. The zero-order valence-corrected chi connectivity index (χ0v) is 13.6. The summed E-state index contributed by atoms with van der Waals surface area (Å²) in [5.74, 6) is -0.140. The Morgan fingerprint density at radius 1 is 1.35 bits per heavy atom. The van der Waals surface area contributed by atoms with E-state index in [4.69, 9.17) is 0 Å². The lowest BCUT2D eigenvalue weighted by Crippen LogP contribution is -2.30. The van der Waals surface area contributed by atoms with Crippen molar-refractivity contribution in [3.05, 3.63) is 47.2 Å². The number of hydrogen-bond acceptors (Lipinski definition) is 6. The number of benzene rings is 1. The van der Waals surface area contributed by atoms with Crippen LogP contribution in [-0.4, -0.2) is 31.1 Å². The Hall–Kier alpha value is -2.61. The first-order valence-corrected chi connectivity index (χ1v) is 7.98. The van der Waals surface area contributed by atoms with Crippen molar-refractivity contribution in [2.75, 3.05) is 0 Å². The van der Waals surface area contributed by atoms with Crippen molar-refractivity contribution in [2.45, 2.75) is 26.4 Å². The molecule has 0 fully saturated rings. The number of aromatic nitrogens is 5. The number of carbonyl (C=O) groups excluding carboxylic acids is 1. The number of carbonyl (C=O) groups is 1. The average Bonchev–Trinajstić information content (AvgIpc) is 3.17. The smallest absolute Gasteiger partial charge is 0.242 e. The lowest BCUT2D eigenvalue weighted by molar-refractivity contribution is -0.122. The van der Waals surface area contributed by atoms with E-state index in [0.29, 0.717) is 0 Å². The van der Waals surface area contributed by atoms with Crippen LogP contribution in [0.15, 0.2) is 36.7 Å². The molecule has 23 heavy (non-hydrogen) atoms. The van der Waals surface area contributed by atoms with Crippen LogP contribution in [0.2, 0.25) is 0 Å². The molecular formula is C15H16N6OS. The molecule has 0 spiro atoms. The van der Waals surface area contributed by atoms with E-state index in [1.807, 2.05) is 44.2 Å². The molecule has 2 aromatic heterocycles. The van der Waals surface area contributed by atoms with Crippen LogP contribution in [0.5, 0.6) is 0 Å². The van der Waals surface area contributed by atoms with Crippen molar-refractivity contribution in [2.24, 2.45) is 0 Å². The van der Waals surface area contributed by atoms with E-state index in [1.165, 1.54) is 11.0 Å². The Kier molecular flexibility index (Phi) is 4.42. The number of rotatable bonds is 5. The molecule has 1 aromatic carbocycles. The van der Waals surface area contributed by atoms with Gasteiger partial charge in [0.2, 0.25) is 5.91 Å². The Balaban J connectivity index is 1.71. The van der Waals surface area contributed by atoms with Crippen LogP contribution in [0.3, 0.4) is 0 Å². The van der Waals surface area contributed by atoms with Crippen LogP contribution < -0.4 is 5.32 Å². The molecule has 0 radical (unpaired) electrons. The van der Waals surface area contributed by atoms with Gasteiger partial charge >= 0.3 is 0 Å². The summed E-state index contributed by atoms with van der Waals surface area (Å²) in [7, 11) is 0. The zero-order chi connectivity index (χ0) is 16.2. The molecule has 1 N–H and O–H groups in total. The Labute approximate surface area is 137 Å². The molecule has 8 heteroatoms. The van der Waals surface area contributed by atoms with E-state index < -0.39 is 0 Å². The highest BCUT2D eigenvalue weighted by Crippen LogP contribution is 2.31. The molecule has 3 rings (SSSR count). The van der Waals surface area contributed by atoms with Gasteiger partial charge < -0.3 is 5.32 Å². The van der Waals surface area contributed by atoms with Gasteiger partial charge in [0.25, 0.3) is 0 Å². The van der Waals surface area contributed by atoms with Gasteiger partial charge in [-0.3, -0.25) is 4.79 Å². The van der Waals surface area contributed by atoms with Crippen LogP contribution in [0, 0.1) is 6.92 Å². The molecule has 1 amide bonds. The third kappa shape index (κ3) is 3.59. The SMILES string of the molecule is Cc1nc(-c2ccccc2)sc1[C@H](C)NC(=O)Cn1cnnn1. The minimum absolute atomic E-state index is 0.0980. The van der Waals surface area contributed by atoms with Crippen LogP contribution in [0.25, 0.3) is 10.6 Å². The van der Waals surface area contributed by atoms with Crippen molar-refractivity contribution in [1.29, 1.82) is 0 Å². The van der Waals surface area contributed by atoms with Crippen LogP contribution in [0.1, 0.15) is 23.5 Å². The summed E-state index contributed by atoms with van der Waals surface area (Å²) in [5, 5.41) is 14.6. The number of tetrazole rings is 1. The number of nitrogens with one attached hydrogen (secondary N) is 1. The lowest BCUT2D eigenvalue weighted by Gasteiger charge is -2.12. The molecule has 0 saturated heterocycles. The first-order valence-electron chi connectivity index (χ1n) is 7.16. The molecule has 0 saturated carbocycles. The molecule has 0 bridgehead atoms. The molecular weight excluding hydrogens is 312 g/mol. The summed E-state index contributed by atoms with van der Waals surface area (Å²) in [4.78, 5) is 17.7. The normalized spacial score (nSPS) is 12.1.